The van der Waals surface area contributed by atoms with Crippen LogP contribution in [0.2, 0.25) is 0 Å². The van der Waals surface area contributed by atoms with Gasteiger partial charge in [-0.15, -0.1) is 0 Å². The molecule has 1 aliphatic carbocycles. The van der Waals surface area contributed by atoms with Gasteiger partial charge in [0.15, 0.2) is 0 Å². The smallest absolute Gasteiger partial charge is 0.223 e. The number of carbonyl (C=O) groups is 1. The van der Waals surface area contributed by atoms with Crippen molar-refractivity contribution in [3.8, 4) is 11.5 Å². The van der Waals surface area contributed by atoms with Crippen LogP contribution in [-0.2, 0) is 11.2 Å². The number of benzene rings is 2. The van der Waals surface area contributed by atoms with Gasteiger partial charge in [0.1, 0.15) is 11.5 Å². The third-order valence-electron chi connectivity index (χ3n) is 5.77. The van der Waals surface area contributed by atoms with Crippen LogP contribution < -0.4 is 9.47 Å². The van der Waals surface area contributed by atoms with E-state index in [-0.39, 0.29) is 17.9 Å². The number of amides is 1. The lowest BCUT2D eigenvalue weighted by Gasteiger charge is -2.30. The second-order valence-corrected chi connectivity index (χ2v) is 7.28. The third-order valence-corrected chi connectivity index (χ3v) is 5.77. The van der Waals surface area contributed by atoms with Gasteiger partial charge in [-0.3, -0.25) is 4.79 Å². The number of hydrogen-bond donors (Lipinski definition) is 0. The lowest BCUT2D eigenvalue weighted by atomic mass is 9.80. The van der Waals surface area contributed by atoms with Crippen molar-refractivity contribution in [1.82, 2.24) is 4.90 Å². The number of ether oxygens (including phenoxy) is 2. The minimum Gasteiger partial charge on any atom is -0.497 e. The molecule has 4 heteroatoms. The van der Waals surface area contributed by atoms with Crippen LogP contribution in [-0.4, -0.2) is 32.1 Å². The summed E-state index contributed by atoms with van der Waals surface area (Å²) >= 11 is 0. The molecule has 0 bridgehead atoms. The number of para-hydroxylation sites is 1. The van der Waals surface area contributed by atoms with E-state index in [1.807, 2.05) is 42.3 Å². The first-order valence-electron chi connectivity index (χ1n) is 9.60. The van der Waals surface area contributed by atoms with Crippen molar-refractivity contribution in [2.75, 3.05) is 21.3 Å². The lowest BCUT2D eigenvalue weighted by molar-refractivity contribution is -0.132. The lowest BCUT2D eigenvalue weighted by Crippen LogP contribution is -2.31. The number of carbonyl (C=O) groups excluding carboxylic acids is 1. The molecule has 0 aromatic heterocycles. The van der Waals surface area contributed by atoms with Crippen LogP contribution in [0.25, 0.3) is 0 Å². The molecule has 0 fully saturated rings. The molecule has 144 valence electrons. The summed E-state index contributed by atoms with van der Waals surface area (Å²) in [6.45, 7) is 2.05. The largest absolute Gasteiger partial charge is 0.497 e. The van der Waals surface area contributed by atoms with Crippen molar-refractivity contribution < 1.29 is 14.3 Å². The minimum atomic E-state index is -0.0346. The molecule has 4 nitrogen and oxygen atoms in total. The van der Waals surface area contributed by atoms with Gasteiger partial charge in [0, 0.05) is 19.0 Å². The molecule has 0 saturated heterocycles. The van der Waals surface area contributed by atoms with Gasteiger partial charge in [-0.1, -0.05) is 24.3 Å². The van der Waals surface area contributed by atoms with Crippen LogP contribution in [0.1, 0.15) is 54.8 Å². The molecule has 2 aromatic rings. The Kier molecular flexibility index (Phi) is 6.04. The monoisotopic (exact) mass is 367 g/mol. The van der Waals surface area contributed by atoms with Crippen LogP contribution in [0.5, 0.6) is 11.5 Å². The Bertz CT molecular complexity index is 802. The van der Waals surface area contributed by atoms with Gasteiger partial charge in [-0.05, 0) is 61.4 Å². The van der Waals surface area contributed by atoms with Crippen LogP contribution in [0.3, 0.4) is 0 Å². The van der Waals surface area contributed by atoms with Gasteiger partial charge < -0.3 is 14.4 Å². The molecule has 2 aromatic carbocycles. The Morgan fingerprint density at radius 2 is 1.96 bits per heavy atom. The highest BCUT2D eigenvalue weighted by Crippen LogP contribution is 2.37. The number of rotatable bonds is 6. The zero-order valence-electron chi connectivity index (χ0n) is 16.7. The second-order valence-electron chi connectivity index (χ2n) is 7.28. The summed E-state index contributed by atoms with van der Waals surface area (Å²) in [7, 11) is 5.25. The van der Waals surface area contributed by atoms with E-state index < -0.39 is 0 Å². The summed E-state index contributed by atoms with van der Waals surface area (Å²) < 4.78 is 10.8. The summed E-state index contributed by atoms with van der Waals surface area (Å²) in [6, 6.07) is 14.1. The molecule has 3 rings (SSSR count). The number of hydrogen-bond acceptors (Lipinski definition) is 3. The van der Waals surface area contributed by atoms with Crippen molar-refractivity contribution >= 4 is 5.91 Å². The molecule has 2 unspecified atom stereocenters. The minimum absolute atomic E-state index is 0.0346. The average Bonchev–Trinajstić information content (AvgIpc) is 2.72. The van der Waals surface area contributed by atoms with E-state index in [9.17, 15) is 4.79 Å². The van der Waals surface area contributed by atoms with E-state index in [0.29, 0.717) is 6.42 Å². The van der Waals surface area contributed by atoms with Crippen molar-refractivity contribution in [3.05, 3.63) is 59.2 Å². The highest BCUT2D eigenvalue weighted by atomic mass is 16.5. The molecule has 0 heterocycles. The van der Waals surface area contributed by atoms with Gasteiger partial charge in [-0.25, -0.2) is 0 Å². The summed E-state index contributed by atoms with van der Waals surface area (Å²) in [5.74, 6) is 2.16. The van der Waals surface area contributed by atoms with Crippen LogP contribution >= 0.6 is 0 Å². The summed E-state index contributed by atoms with van der Waals surface area (Å²) in [4.78, 5) is 14.9. The average molecular weight is 367 g/mol. The Balaban J connectivity index is 1.74. The zero-order valence-corrected chi connectivity index (χ0v) is 16.7. The van der Waals surface area contributed by atoms with Gasteiger partial charge in [0.25, 0.3) is 0 Å². The Morgan fingerprint density at radius 3 is 2.70 bits per heavy atom. The highest BCUT2D eigenvalue weighted by molar-refractivity contribution is 5.77. The molecular formula is C23H29NO3. The Morgan fingerprint density at radius 1 is 1.19 bits per heavy atom. The normalized spacial score (nSPS) is 17.0. The van der Waals surface area contributed by atoms with Crippen molar-refractivity contribution in [1.29, 1.82) is 0 Å². The summed E-state index contributed by atoms with van der Waals surface area (Å²) in [6.07, 6.45) is 3.77. The molecule has 0 radical (unpaired) electrons. The summed E-state index contributed by atoms with van der Waals surface area (Å²) in [5.41, 5.74) is 3.65. The number of aryl methyl sites for hydroxylation is 1. The molecule has 0 saturated carbocycles. The molecular weight excluding hydrogens is 338 g/mol. The Labute approximate surface area is 162 Å². The number of nitrogens with zero attached hydrogens (tertiary/aromatic N) is 1. The molecule has 27 heavy (non-hydrogen) atoms. The third kappa shape index (κ3) is 4.10. The summed E-state index contributed by atoms with van der Waals surface area (Å²) in [5, 5.41) is 0. The fourth-order valence-electron chi connectivity index (χ4n) is 4.02. The fourth-order valence-corrected chi connectivity index (χ4v) is 4.02. The van der Waals surface area contributed by atoms with E-state index >= 15 is 0 Å². The number of methoxy groups -OCH3 is 2. The molecule has 0 N–H and O–H groups in total. The maximum absolute atomic E-state index is 13.0. The van der Waals surface area contributed by atoms with Crippen LogP contribution in [0.4, 0.5) is 0 Å². The fraction of sp³-hybridized carbons (Fsp3) is 0.435. The van der Waals surface area contributed by atoms with Gasteiger partial charge in [-0.2, -0.15) is 0 Å². The predicted octanol–water partition coefficient (Wildman–Crippen LogP) is 4.73. The first kappa shape index (κ1) is 19.3. The zero-order chi connectivity index (χ0) is 19.4. The van der Waals surface area contributed by atoms with E-state index in [2.05, 4.69) is 19.1 Å². The van der Waals surface area contributed by atoms with E-state index in [0.717, 1.165) is 36.3 Å². The van der Waals surface area contributed by atoms with E-state index in [1.165, 1.54) is 11.1 Å². The topological polar surface area (TPSA) is 38.8 Å². The van der Waals surface area contributed by atoms with Crippen molar-refractivity contribution in [2.45, 2.75) is 44.6 Å². The molecule has 0 spiro atoms. The molecule has 1 amide bonds. The number of fused-ring (bicyclic) bond motifs is 1. The highest BCUT2D eigenvalue weighted by Gasteiger charge is 2.27. The standard InChI is InChI=1S/C23H29NO3/c1-16(20-10-5-6-11-22(20)27-4)24(2)23(25)15-18-9-7-8-17-14-19(26-3)12-13-21(17)18/h5-6,10-14,16,18H,7-9,15H2,1-4H3. The van der Waals surface area contributed by atoms with Gasteiger partial charge >= 0.3 is 0 Å². The predicted molar refractivity (Wildman–Crippen MR) is 107 cm³/mol. The van der Waals surface area contributed by atoms with E-state index in [1.54, 1.807) is 14.2 Å². The first-order chi connectivity index (χ1) is 13.0. The van der Waals surface area contributed by atoms with E-state index in [4.69, 9.17) is 9.47 Å². The Hall–Kier alpha value is -2.49. The quantitative estimate of drug-likeness (QED) is 0.741. The van der Waals surface area contributed by atoms with Crippen molar-refractivity contribution in [3.63, 3.8) is 0 Å². The maximum Gasteiger partial charge on any atom is 0.223 e. The second kappa shape index (κ2) is 8.47. The van der Waals surface area contributed by atoms with Crippen molar-refractivity contribution in [2.24, 2.45) is 0 Å². The molecule has 1 aliphatic rings. The van der Waals surface area contributed by atoms with Crippen LogP contribution in [0.15, 0.2) is 42.5 Å². The molecule has 0 aliphatic heterocycles. The first-order valence-corrected chi connectivity index (χ1v) is 9.60. The van der Waals surface area contributed by atoms with Gasteiger partial charge in [0.2, 0.25) is 5.91 Å². The molecule has 2 atom stereocenters. The maximum atomic E-state index is 13.0. The van der Waals surface area contributed by atoms with Crippen LogP contribution in [0, 0.1) is 0 Å². The SMILES string of the molecule is COc1ccc2c(c1)CCCC2CC(=O)N(C)C(C)c1ccccc1OC. The van der Waals surface area contributed by atoms with Gasteiger partial charge in [0.05, 0.1) is 20.3 Å².